The van der Waals surface area contributed by atoms with Crippen molar-refractivity contribution >= 4 is 12.1 Å². The van der Waals surface area contributed by atoms with Crippen LogP contribution in [0.1, 0.15) is 51.7 Å². The van der Waals surface area contributed by atoms with E-state index in [9.17, 15) is 9.59 Å². The molecule has 4 N–H and O–H groups in total. The number of benzene rings is 1. The number of nitrogens with zero attached hydrogens (tertiary/aromatic N) is 2. The summed E-state index contributed by atoms with van der Waals surface area (Å²) in [4.78, 5) is 29.9. The smallest absolute Gasteiger partial charge is 0.315 e. The van der Waals surface area contributed by atoms with Crippen molar-refractivity contribution in [3.05, 3.63) is 35.4 Å². The highest BCUT2D eigenvalue weighted by molar-refractivity contribution is 5.75. The Hall–Kier alpha value is -2.40. The van der Waals surface area contributed by atoms with Gasteiger partial charge in [-0.3, -0.25) is 9.80 Å². The van der Waals surface area contributed by atoms with Gasteiger partial charge in [0.1, 0.15) is 0 Å². The van der Waals surface area contributed by atoms with E-state index in [0.717, 1.165) is 89.7 Å². The van der Waals surface area contributed by atoms with Crippen molar-refractivity contribution in [1.29, 1.82) is 0 Å². The summed E-state index contributed by atoms with van der Waals surface area (Å²) in [6.45, 7) is 18.1. The van der Waals surface area contributed by atoms with E-state index in [2.05, 4.69) is 37.1 Å². The second-order valence-corrected chi connectivity index (χ2v) is 11.2. The first kappa shape index (κ1) is 30.1. The normalized spacial score (nSPS) is 17.6. The number of nitrogens with one attached hydrogen (secondary N) is 4. The zero-order chi connectivity index (χ0) is 27.4. The van der Waals surface area contributed by atoms with E-state index in [0.29, 0.717) is 13.1 Å². The number of carbonyl (C=O) groups excluding carboxylic acids is 2. The number of amides is 4. The Bertz CT molecular complexity index is 815. The molecule has 4 amide bonds. The van der Waals surface area contributed by atoms with Gasteiger partial charge in [-0.1, -0.05) is 24.3 Å². The zero-order valence-electron chi connectivity index (χ0n) is 23.7. The zero-order valence-corrected chi connectivity index (χ0v) is 23.7. The molecule has 0 bridgehead atoms. The first-order valence-corrected chi connectivity index (χ1v) is 14.0. The van der Waals surface area contributed by atoms with Gasteiger partial charge in [0.2, 0.25) is 0 Å². The summed E-state index contributed by atoms with van der Waals surface area (Å²) in [5, 5.41) is 12.2. The number of rotatable bonds is 12. The Kier molecular flexibility index (Phi) is 11.6. The van der Waals surface area contributed by atoms with Crippen LogP contribution in [0.3, 0.4) is 0 Å². The average Bonchev–Trinajstić information content (AvgIpc) is 2.90. The van der Waals surface area contributed by atoms with Crippen molar-refractivity contribution in [3.63, 3.8) is 0 Å². The van der Waals surface area contributed by atoms with Crippen LogP contribution < -0.4 is 21.3 Å². The molecule has 1 aromatic carbocycles. The van der Waals surface area contributed by atoms with Crippen LogP contribution in [0.15, 0.2) is 24.3 Å². The van der Waals surface area contributed by atoms with Gasteiger partial charge in [-0.05, 0) is 64.8 Å². The van der Waals surface area contributed by atoms with E-state index < -0.39 is 11.1 Å². The van der Waals surface area contributed by atoms with Crippen molar-refractivity contribution < 1.29 is 19.1 Å². The Morgan fingerprint density at radius 2 is 1.13 bits per heavy atom. The van der Waals surface area contributed by atoms with Crippen LogP contribution in [0.2, 0.25) is 0 Å². The summed E-state index contributed by atoms with van der Waals surface area (Å²) in [6.07, 6.45) is 1.80. The molecule has 1 aromatic rings. The van der Waals surface area contributed by atoms with Crippen molar-refractivity contribution in [2.75, 3.05) is 78.8 Å². The van der Waals surface area contributed by atoms with E-state index >= 15 is 0 Å². The SMILES string of the molecule is CC(C)(NC(=O)NCCCN1CCOCC1)c1cccc(C(C)(C)NC(=O)NCCCN2CCOCC2)c1. The van der Waals surface area contributed by atoms with Crippen LogP contribution in [0.4, 0.5) is 9.59 Å². The van der Waals surface area contributed by atoms with E-state index in [4.69, 9.17) is 9.47 Å². The maximum atomic E-state index is 12.6. The Balaban J connectivity index is 1.43. The number of ether oxygens (including phenoxy) is 2. The highest BCUT2D eigenvalue weighted by Crippen LogP contribution is 2.26. The molecule has 38 heavy (non-hydrogen) atoms. The third-order valence-corrected chi connectivity index (χ3v) is 7.24. The lowest BCUT2D eigenvalue weighted by molar-refractivity contribution is 0.0375. The number of hydrogen-bond acceptors (Lipinski definition) is 6. The van der Waals surface area contributed by atoms with Gasteiger partial charge in [0.05, 0.1) is 37.5 Å². The molecule has 10 heteroatoms. The maximum absolute atomic E-state index is 12.6. The average molecular weight is 533 g/mol. The van der Waals surface area contributed by atoms with Gasteiger partial charge in [0.25, 0.3) is 0 Å². The number of morpholine rings is 2. The van der Waals surface area contributed by atoms with Gasteiger partial charge in [-0.25, -0.2) is 9.59 Å². The topological polar surface area (TPSA) is 107 Å². The lowest BCUT2D eigenvalue weighted by Crippen LogP contribution is -2.48. The van der Waals surface area contributed by atoms with Crippen LogP contribution in [-0.4, -0.2) is 101 Å². The van der Waals surface area contributed by atoms with Crippen LogP contribution in [0, 0.1) is 0 Å². The summed E-state index contributed by atoms with van der Waals surface area (Å²) >= 11 is 0. The molecule has 2 aliphatic heterocycles. The Morgan fingerprint density at radius 1 is 0.737 bits per heavy atom. The minimum atomic E-state index is -0.581. The summed E-state index contributed by atoms with van der Waals surface area (Å²) in [5.74, 6) is 0. The molecule has 214 valence electrons. The molecule has 0 radical (unpaired) electrons. The van der Waals surface area contributed by atoms with Crippen molar-refractivity contribution in [1.82, 2.24) is 31.1 Å². The molecule has 2 heterocycles. The molecule has 0 spiro atoms. The molecular formula is C28H48N6O4. The molecule has 10 nitrogen and oxygen atoms in total. The fourth-order valence-electron chi connectivity index (χ4n) is 4.76. The molecule has 0 saturated carbocycles. The highest BCUT2D eigenvalue weighted by Gasteiger charge is 2.27. The first-order valence-electron chi connectivity index (χ1n) is 14.0. The minimum absolute atomic E-state index is 0.184. The minimum Gasteiger partial charge on any atom is -0.379 e. The second-order valence-electron chi connectivity index (χ2n) is 11.2. The summed E-state index contributed by atoms with van der Waals surface area (Å²) in [7, 11) is 0. The van der Waals surface area contributed by atoms with Crippen LogP contribution in [-0.2, 0) is 20.6 Å². The standard InChI is InChI=1S/C28H48N6O4/c1-27(2,31-25(35)29-10-6-12-33-14-18-37-19-15-33)23-8-5-9-24(22-23)28(3,4)32-26(36)30-11-7-13-34-16-20-38-21-17-34/h5,8-9,22H,6-7,10-21H2,1-4H3,(H2,29,31,35)(H2,30,32,36). The molecule has 0 aliphatic carbocycles. The molecule has 2 aliphatic rings. The molecule has 0 atom stereocenters. The number of urea groups is 2. The van der Waals surface area contributed by atoms with E-state index in [1.54, 1.807) is 0 Å². The van der Waals surface area contributed by atoms with Crippen molar-refractivity contribution in [2.45, 2.75) is 51.6 Å². The molecular weight excluding hydrogens is 484 g/mol. The van der Waals surface area contributed by atoms with Gasteiger partial charge in [0.15, 0.2) is 0 Å². The van der Waals surface area contributed by atoms with Gasteiger partial charge in [-0.2, -0.15) is 0 Å². The van der Waals surface area contributed by atoms with Gasteiger partial charge >= 0.3 is 12.1 Å². The predicted octanol–water partition coefficient (Wildman–Crippen LogP) is 2.20. The quantitative estimate of drug-likeness (QED) is 0.308. The van der Waals surface area contributed by atoms with Crippen molar-refractivity contribution in [3.8, 4) is 0 Å². The van der Waals surface area contributed by atoms with Gasteiger partial charge in [-0.15, -0.1) is 0 Å². The lowest BCUT2D eigenvalue weighted by Gasteiger charge is -2.31. The highest BCUT2D eigenvalue weighted by atomic mass is 16.5. The third kappa shape index (κ3) is 10.1. The van der Waals surface area contributed by atoms with E-state index in [1.165, 1.54) is 0 Å². The number of carbonyl (C=O) groups is 2. The summed E-state index contributed by atoms with van der Waals surface area (Å²) < 4.78 is 10.8. The predicted molar refractivity (Wildman–Crippen MR) is 149 cm³/mol. The van der Waals surface area contributed by atoms with Crippen LogP contribution in [0.5, 0.6) is 0 Å². The van der Waals surface area contributed by atoms with Gasteiger partial charge in [0, 0.05) is 39.3 Å². The number of hydrogen-bond donors (Lipinski definition) is 4. The molecule has 3 rings (SSSR count). The van der Waals surface area contributed by atoms with Crippen molar-refractivity contribution in [2.24, 2.45) is 0 Å². The molecule has 0 unspecified atom stereocenters. The molecule has 0 aromatic heterocycles. The van der Waals surface area contributed by atoms with E-state index in [1.807, 2.05) is 45.9 Å². The monoisotopic (exact) mass is 532 g/mol. The Labute approximate surface area is 228 Å². The summed E-state index contributed by atoms with van der Waals surface area (Å²) in [5.41, 5.74) is 0.781. The third-order valence-electron chi connectivity index (χ3n) is 7.24. The van der Waals surface area contributed by atoms with Gasteiger partial charge < -0.3 is 30.7 Å². The van der Waals surface area contributed by atoms with E-state index in [-0.39, 0.29) is 12.1 Å². The Morgan fingerprint density at radius 3 is 1.53 bits per heavy atom. The molecule has 2 saturated heterocycles. The van der Waals surface area contributed by atoms with Crippen LogP contribution >= 0.6 is 0 Å². The maximum Gasteiger partial charge on any atom is 0.315 e. The fourth-order valence-corrected chi connectivity index (χ4v) is 4.76. The second kappa shape index (κ2) is 14.7. The first-order chi connectivity index (χ1) is 18.2. The summed E-state index contributed by atoms with van der Waals surface area (Å²) in [6, 6.07) is 7.66. The lowest BCUT2D eigenvalue weighted by atomic mass is 9.87. The largest absolute Gasteiger partial charge is 0.379 e. The molecule has 2 fully saturated rings. The van der Waals surface area contributed by atoms with Crippen LogP contribution in [0.25, 0.3) is 0 Å². The fraction of sp³-hybridized carbons (Fsp3) is 0.714.